The Kier molecular flexibility index (Phi) is 8.00. The predicted molar refractivity (Wildman–Crippen MR) is 158 cm³/mol. The van der Waals surface area contributed by atoms with Crippen LogP contribution in [0.5, 0.6) is 5.75 Å². The minimum atomic E-state index is 0.238. The zero-order valence-electron chi connectivity index (χ0n) is 24.1. The molecule has 1 N–H and O–H groups in total. The Morgan fingerprint density at radius 2 is 1.79 bits per heavy atom. The number of pyridine rings is 1. The van der Waals surface area contributed by atoms with E-state index in [0.29, 0.717) is 18.4 Å². The molecule has 0 aliphatic carbocycles. The molecule has 0 atom stereocenters. The van der Waals surface area contributed by atoms with Crippen LogP contribution in [-0.2, 0) is 6.42 Å². The van der Waals surface area contributed by atoms with Gasteiger partial charge < -0.3 is 19.5 Å². The lowest BCUT2D eigenvalue weighted by Crippen LogP contribution is -2.35. The number of anilines is 3. The highest BCUT2D eigenvalue weighted by molar-refractivity contribution is 5.87. The van der Waals surface area contributed by atoms with Crippen molar-refractivity contribution in [3.8, 4) is 5.75 Å². The van der Waals surface area contributed by atoms with E-state index in [1.54, 1.807) is 0 Å². The largest absolute Gasteiger partial charge is 0.494 e. The molecule has 1 fully saturated rings. The third-order valence-electron chi connectivity index (χ3n) is 7.68. The van der Waals surface area contributed by atoms with Gasteiger partial charge in [0, 0.05) is 37.2 Å². The van der Waals surface area contributed by atoms with Crippen LogP contribution >= 0.6 is 0 Å². The van der Waals surface area contributed by atoms with Crippen molar-refractivity contribution >= 4 is 28.6 Å². The first-order chi connectivity index (χ1) is 18.8. The molecule has 0 amide bonds. The fourth-order valence-electron chi connectivity index (χ4n) is 5.44. The number of piperidine rings is 1. The average Bonchev–Trinajstić information content (AvgIpc) is 3.36. The lowest BCUT2D eigenvalue weighted by atomic mass is 9.90. The molecule has 1 aromatic carbocycles. The summed E-state index contributed by atoms with van der Waals surface area (Å²) in [5.74, 6) is 3.48. The van der Waals surface area contributed by atoms with Gasteiger partial charge in [-0.1, -0.05) is 13.8 Å². The third kappa shape index (κ3) is 5.84. The van der Waals surface area contributed by atoms with Crippen LogP contribution in [0.2, 0.25) is 0 Å². The van der Waals surface area contributed by atoms with Crippen molar-refractivity contribution in [2.24, 2.45) is 5.92 Å². The van der Waals surface area contributed by atoms with E-state index >= 15 is 0 Å². The third-order valence-corrected chi connectivity index (χ3v) is 7.68. The molecule has 0 radical (unpaired) electrons. The summed E-state index contributed by atoms with van der Waals surface area (Å²) < 4.78 is 8.11. The molecule has 1 saturated heterocycles. The fourth-order valence-corrected chi connectivity index (χ4v) is 5.44. The first-order valence-corrected chi connectivity index (χ1v) is 14.3. The maximum Gasteiger partial charge on any atom is 0.229 e. The number of imidazole rings is 1. The van der Waals surface area contributed by atoms with Crippen molar-refractivity contribution in [1.82, 2.24) is 24.5 Å². The van der Waals surface area contributed by atoms with E-state index in [1.807, 2.05) is 25.6 Å². The van der Waals surface area contributed by atoms with Gasteiger partial charge in [-0.25, -0.2) is 4.98 Å². The number of hydrogen-bond acceptors (Lipinski definition) is 7. The van der Waals surface area contributed by atoms with Crippen molar-refractivity contribution < 1.29 is 4.74 Å². The monoisotopic (exact) mass is 527 g/mol. The fraction of sp³-hybridized carbons (Fsp3) is 0.484. The highest BCUT2D eigenvalue weighted by Gasteiger charge is 2.24. The van der Waals surface area contributed by atoms with Gasteiger partial charge in [-0.15, -0.1) is 0 Å². The maximum atomic E-state index is 5.96. The van der Waals surface area contributed by atoms with Crippen molar-refractivity contribution in [3.05, 3.63) is 59.7 Å². The molecule has 206 valence electrons. The normalized spacial score (nSPS) is 14.5. The number of rotatable bonds is 9. The van der Waals surface area contributed by atoms with Crippen molar-refractivity contribution in [1.29, 1.82) is 0 Å². The molecule has 3 aromatic heterocycles. The topological polar surface area (TPSA) is 81.0 Å². The molecule has 5 rings (SSSR count). The Bertz CT molecular complexity index is 1410. The molecule has 8 nitrogen and oxygen atoms in total. The Labute approximate surface area is 231 Å². The molecular formula is C31H41N7O. The van der Waals surface area contributed by atoms with E-state index < -0.39 is 0 Å². The summed E-state index contributed by atoms with van der Waals surface area (Å²) in [7, 11) is 0. The molecule has 8 heteroatoms. The summed E-state index contributed by atoms with van der Waals surface area (Å²) >= 11 is 0. The first-order valence-electron chi connectivity index (χ1n) is 14.3. The van der Waals surface area contributed by atoms with E-state index in [0.717, 1.165) is 72.3 Å². The van der Waals surface area contributed by atoms with Gasteiger partial charge in [0.2, 0.25) is 5.95 Å². The van der Waals surface area contributed by atoms with Crippen molar-refractivity contribution in [3.63, 3.8) is 0 Å². The zero-order valence-corrected chi connectivity index (χ0v) is 24.1. The van der Waals surface area contributed by atoms with Crippen LogP contribution in [0, 0.1) is 12.8 Å². The van der Waals surface area contributed by atoms with Gasteiger partial charge in [0.05, 0.1) is 12.9 Å². The summed E-state index contributed by atoms with van der Waals surface area (Å²) in [5, 5.41) is 3.68. The van der Waals surface area contributed by atoms with Crippen LogP contribution in [0.1, 0.15) is 76.1 Å². The van der Waals surface area contributed by atoms with Gasteiger partial charge in [-0.3, -0.25) is 4.98 Å². The second kappa shape index (κ2) is 11.6. The number of ether oxygens (including phenoxy) is 1. The van der Waals surface area contributed by atoms with E-state index in [2.05, 4.69) is 78.7 Å². The minimum Gasteiger partial charge on any atom is -0.494 e. The van der Waals surface area contributed by atoms with E-state index in [1.165, 1.54) is 11.1 Å². The number of fused-ring (bicyclic) bond motifs is 1. The number of hydrogen-bond donors (Lipinski definition) is 1. The smallest absolute Gasteiger partial charge is 0.229 e. The highest BCUT2D eigenvalue weighted by atomic mass is 16.5. The van der Waals surface area contributed by atoms with Crippen LogP contribution in [0.3, 0.4) is 0 Å². The minimum absolute atomic E-state index is 0.238. The Balaban J connectivity index is 1.45. The van der Waals surface area contributed by atoms with E-state index in [-0.39, 0.29) is 6.04 Å². The van der Waals surface area contributed by atoms with Gasteiger partial charge in [0.15, 0.2) is 11.5 Å². The van der Waals surface area contributed by atoms with Gasteiger partial charge in [-0.05, 0) is 99.7 Å². The van der Waals surface area contributed by atoms with Crippen LogP contribution < -0.4 is 15.0 Å². The maximum absolute atomic E-state index is 5.96. The highest BCUT2D eigenvalue weighted by Crippen LogP contribution is 2.36. The van der Waals surface area contributed by atoms with Crippen LogP contribution in [0.4, 0.5) is 17.5 Å². The molecule has 0 unspecified atom stereocenters. The lowest BCUT2D eigenvalue weighted by molar-refractivity contribution is 0.335. The molecule has 39 heavy (non-hydrogen) atoms. The van der Waals surface area contributed by atoms with E-state index in [9.17, 15) is 0 Å². The Morgan fingerprint density at radius 3 is 2.46 bits per heavy atom. The van der Waals surface area contributed by atoms with Crippen molar-refractivity contribution in [2.75, 3.05) is 29.9 Å². The molecule has 0 spiro atoms. The van der Waals surface area contributed by atoms with Gasteiger partial charge >= 0.3 is 0 Å². The number of benzene rings is 1. The molecule has 4 aromatic rings. The summed E-state index contributed by atoms with van der Waals surface area (Å²) in [5.41, 5.74) is 6.34. The summed E-state index contributed by atoms with van der Waals surface area (Å²) in [6.45, 7) is 15.4. The Hall–Kier alpha value is -3.68. The number of aryl methyl sites for hydroxylation is 1. The lowest BCUT2D eigenvalue weighted by Gasteiger charge is -2.32. The summed E-state index contributed by atoms with van der Waals surface area (Å²) in [6.07, 6.45) is 8.97. The van der Waals surface area contributed by atoms with E-state index in [4.69, 9.17) is 19.7 Å². The molecule has 4 heterocycles. The predicted octanol–water partition coefficient (Wildman–Crippen LogP) is 6.84. The Morgan fingerprint density at radius 1 is 1.05 bits per heavy atom. The number of nitrogens with one attached hydrogen (secondary N) is 1. The quantitative estimate of drug-likeness (QED) is 0.255. The molecule has 1 aliphatic rings. The molecule has 0 bridgehead atoms. The van der Waals surface area contributed by atoms with Gasteiger partial charge in [-0.2, -0.15) is 9.97 Å². The second-order valence-corrected chi connectivity index (χ2v) is 11.2. The number of aromatic nitrogens is 5. The molecular weight excluding hydrogens is 486 g/mol. The van der Waals surface area contributed by atoms with Crippen LogP contribution in [-0.4, -0.2) is 44.2 Å². The first kappa shape index (κ1) is 26.9. The summed E-state index contributed by atoms with van der Waals surface area (Å²) in [4.78, 5) is 21.2. The average molecular weight is 528 g/mol. The molecule has 1 aliphatic heterocycles. The van der Waals surface area contributed by atoms with Crippen molar-refractivity contribution in [2.45, 2.75) is 72.8 Å². The number of nitrogens with zero attached hydrogens (tertiary/aromatic N) is 6. The zero-order chi connectivity index (χ0) is 27.5. The second-order valence-electron chi connectivity index (χ2n) is 11.2. The SMILES string of the molecule is CCOc1cc(C)c(Nc2nc(N3CCC(Cc4ccncc4)CC3)nc3ncn(C(C)C)c23)cc1C(C)C. The van der Waals surface area contributed by atoms with Gasteiger partial charge in [0.25, 0.3) is 0 Å². The molecule has 0 saturated carbocycles. The van der Waals surface area contributed by atoms with Crippen LogP contribution in [0.25, 0.3) is 11.2 Å². The standard InChI is InChI=1S/C31H41N7O/c1-7-39-27-16-22(6)26(18-25(27)20(2)3)34-30-28-29(33-19-38(28)21(4)5)35-31(36-30)37-14-10-24(11-15-37)17-23-8-12-32-13-9-23/h8-9,12-13,16,18-21,24H,7,10-11,14-15,17H2,1-6H3,(H,34,35,36). The summed E-state index contributed by atoms with van der Waals surface area (Å²) in [6, 6.07) is 8.83. The van der Waals surface area contributed by atoms with Gasteiger partial charge in [0.1, 0.15) is 11.3 Å². The van der Waals surface area contributed by atoms with Crippen LogP contribution in [0.15, 0.2) is 43.0 Å².